The summed E-state index contributed by atoms with van der Waals surface area (Å²) in [4.78, 5) is 15.4. The van der Waals surface area contributed by atoms with Gasteiger partial charge in [0.05, 0.1) is 0 Å². The van der Waals surface area contributed by atoms with Crippen LogP contribution in [0, 0.1) is 0 Å². The van der Waals surface area contributed by atoms with E-state index in [1.807, 2.05) is 11.9 Å². The molecular weight excluding hydrogens is 178 g/mol. The van der Waals surface area contributed by atoms with Gasteiger partial charge in [-0.3, -0.25) is 4.79 Å². The second kappa shape index (κ2) is 5.32. The van der Waals surface area contributed by atoms with E-state index in [4.69, 9.17) is 5.73 Å². The summed E-state index contributed by atoms with van der Waals surface area (Å²) in [5, 5.41) is 0. The minimum absolute atomic E-state index is 0.157. The Kier molecular flexibility index (Phi) is 4.35. The smallest absolute Gasteiger partial charge is 0.219 e. The first-order chi connectivity index (χ1) is 6.65. The van der Waals surface area contributed by atoms with E-state index in [0.29, 0.717) is 12.6 Å². The maximum absolute atomic E-state index is 11.2. The summed E-state index contributed by atoms with van der Waals surface area (Å²) in [5.41, 5.74) is 5.52. The molecule has 0 aliphatic carbocycles. The molecular formula is C10H21N3O. The predicted octanol–water partition coefficient (Wildman–Crippen LogP) is -0.112. The van der Waals surface area contributed by atoms with Crippen molar-refractivity contribution < 1.29 is 4.79 Å². The molecule has 0 saturated carbocycles. The first-order valence-electron chi connectivity index (χ1n) is 5.31. The monoisotopic (exact) mass is 199 g/mol. The summed E-state index contributed by atoms with van der Waals surface area (Å²) < 4.78 is 0. The SMILES string of the molecule is CC(=O)N(C)[C@@H]1CCCN(CCN)C1. The van der Waals surface area contributed by atoms with Gasteiger partial charge in [0.15, 0.2) is 0 Å². The number of carbonyl (C=O) groups excluding carboxylic acids is 1. The number of nitrogens with zero attached hydrogens (tertiary/aromatic N) is 2. The van der Waals surface area contributed by atoms with E-state index in [-0.39, 0.29) is 5.91 Å². The van der Waals surface area contributed by atoms with Crippen LogP contribution in [0.3, 0.4) is 0 Å². The average Bonchev–Trinajstić information content (AvgIpc) is 2.17. The number of likely N-dealkylation sites (tertiary alicyclic amines) is 1. The topological polar surface area (TPSA) is 49.6 Å². The molecule has 1 amide bonds. The lowest BCUT2D eigenvalue weighted by Gasteiger charge is -2.37. The van der Waals surface area contributed by atoms with Gasteiger partial charge in [-0.05, 0) is 19.4 Å². The van der Waals surface area contributed by atoms with E-state index in [0.717, 1.165) is 26.1 Å². The van der Waals surface area contributed by atoms with Crippen molar-refractivity contribution in [2.45, 2.75) is 25.8 Å². The van der Waals surface area contributed by atoms with Crippen molar-refractivity contribution in [2.24, 2.45) is 5.73 Å². The molecule has 0 unspecified atom stereocenters. The molecule has 0 radical (unpaired) electrons. The summed E-state index contributed by atoms with van der Waals surface area (Å²) in [5.74, 6) is 0.157. The highest BCUT2D eigenvalue weighted by atomic mass is 16.2. The van der Waals surface area contributed by atoms with E-state index in [2.05, 4.69) is 4.90 Å². The number of piperidine rings is 1. The van der Waals surface area contributed by atoms with Crippen LogP contribution < -0.4 is 5.73 Å². The molecule has 1 rings (SSSR count). The van der Waals surface area contributed by atoms with E-state index in [1.54, 1.807) is 6.92 Å². The van der Waals surface area contributed by atoms with Crippen LogP contribution in [0.2, 0.25) is 0 Å². The summed E-state index contributed by atoms with van der Waals surface area (Å²) in [6, 6.07) is 0.382. The molecule has 82 valence electrons. The van der Waals surface area contributed by atoms with Crippen LogP contribution >= 0.6 is 0 Å². The molecule has 0 aromatic heterocycles. The van der Waals surface area contributed by atoms with Crippen LogP contribution in [-0.4, -0.2) is 55.0 Å². The van der Waals surface area contributed by atoms with Gasteiger partial charge in [0, 0.05) is 39.6 Å². The van der Waals surface area contributed by atoms with Crippen molar-refractivity contribution in [1.82, 2.24) is 9.80 Å². The van der Waals surface area contributed by atoms with Crippen LogP contribution in [0.4, 0.5) is 0 Å². The fourth-order valence-electron chi connectivity index (χ4n) is 1.99. The van der Waals surface area contributed by atoms with Gasteiger partial charge in [0.1, 0.15) is 0 Å². The fraction of sp³-hybridized carbons (Fsp3) is 0.900. The third kappa shape index (κ3) is 2.96. The van der Waals surface area contributed by atoms with Crippen LogP contribution in [0.5, 0.6) is 0 Å². The molecule has 0 bridgehead atoms. The maximum atomic E-state index is 11.2. The molecule has 4 heteroatoms. The number of likely N-dealkylation sites (N-methyl/N-ethyl adjacent to an activating group) is 1. The number of nitrogens with two attached hydrogens (primary N) is 1. The Bertz CT molecular complexity index is 194. The summed E-state index contributed by atoms with van der Waals surface area (Å²) >= 11 is 0. The summed E-state index contributed by atoms with van der Waals surface area (Å²) in [7, 11) is 1.89. The molecule has 4 nitrogen and oxygen atoms in total. The number of hydrogen-bond donors (Lipinski definition) is 1. The molecule has 14 heavy (non-hydrogen) atoms. The number of hydrogen-bond acceptors (Lipinski definition) is 3. The van der Waals surface area contributed by atoms with Crippen LogP contribution in [0.1, 0.15) is 19.8 Å². The van der Waals surface area contributed by atoms with Gasteiger partial charge in [-0.1, -0.05) is 0 Å². The second-order valence-electron chi connectivity index (χ2n) is 4.02. The lowest BCUT2D eigenvalue weighted by atomic mass is 10.0. The Hall–Kier alpha value is -0.610. The third-order valence-electron chi connectivity index (χ3n) is 2.97. The maximum Gasteiger partial charge on any atom is 0.219 e. The van der Waals surface area contributed by atoms with Crippen molar-refractivity contribution in [3.63, 3.8) is 0 Å². The van der Waals surface area contributed by atoms with Crippen molar-refractivity contribution in [3.8, 4) is 0 Å². The van der Waals surface area contributed by atoms with Gasteiger partial charge < -0.3 is 15.5 Å². The van der Waals surface area contributed by atoms with E-state index >= 15 is 0 Å². The Labute approximate surface area is 86.0 Å². The first-order valence-corrected chi connectivity index (χ1v) is 5.31. The third-order valence-corrected chi connectivity index (χ3v) is 2.97. The summed E-state index contributed by atoms with van der Waals surface area (Å²) in [6.07, 6.45) is 2.29. The standard InChI is InChI=1S/C10H21N3O/c1-9(14)12(2)10-4-3-6-13(8-10)7-5-11/h10H,3-8,11H2,1-2H3/t10-/m1/s1. The Morgan fingerprint density at radius 1 is 1.64 bits per heavy atom. The quantitative estimate of drug-likeness (QED) is 0.690. The highest BCUT2D eigenvalue weighted by Gasteiger charge is 2.23. The molecule has 1 aliphatic heterocycles. The molecule has 1 atom stereocenters. The van der Waals surface area contributed by atoms with Crippen molar-refractivity contribution in [1.29, 1.82) is 0 Å². The minimum atomic E-state index is 0.157. The molecule has 0 aromatic rings. The zero-order valence-electron chi connectivity index (χ0n) is 9.20. The second-order valence-corrected chi connectivity index (χ2v) is 4.02. The van der Waals surface area contributed by atoms with Gasteiger partial charge in [0.25, 0.3) is 0 Å². The zero-order valence-corrected chi connectivity index (χ0v) is 9.20. The lowest BCUT2D eigenvalue weighted by molar-refractivity contribution is -0.130. The van der Waals surface area contributed by atoms with Crippen molar-refractivity contribution in [2.75, 3.05) is 33.2 Å². The molecule has 2 N–H and O–H groups in total. The zero-order chi connectivity index (χ0) is 10.6. The lowest BCUT2D eigenvalue weighted by Crippen LogP contribution is -2.48. The largest absolute Gasteiger partial charge is 0.342 e. The summed E-state index contributed by atoms with van der Waals surface area (Å²) in [6.45, 7) is 5.38. The van der Waals surface area contributed by atoms with Gasteiger partial charge in [-0.15, -0.1) is 0 Å². The van der Waals surface area contributed by atoms with E-state index in [9.17, 15) is 4.79 Å². The van der Waals surface area contributed by atoms with Gasteiger partial charge in [0.2, 0.25) is 5.91 Å². The Morgan fingerprint density at radius 3 is 2.93 bits per heavy atom. The highest BCUT2D eigenvalue weighted by Crippen LogP contribution is 2.14. The van der Waals surface area contributed by atoms with Crippen LogP contribution in [0.15, 0.2) is 0 Å². The number of amides is 1. The molecule has 1 aliphatic rings. The van der Waals surface area contributed by atoms with Gasteiger partial charge in [-0.25, -0.2) is 0 Å². The van der Waals surface area contributed by atoms with Crippen molar-refractivity contribution in [3.05, 3.63) is 0 Å². The van der Waals surface area contributed by atoms with Gasteiger partial charge >= 0.3 is 0 Å². The van der Waals surface area contributed by atoms with E-state index in [1.165, 1.54) is 6.42 Å². The van der Waals surface area contributed by atoms with E-state index < -0.39 is 0 Å². The Morgan fingerprint density at radius 2 is 2.36 bits per heavy atom. The average molecular weight is 199 g/mol. The first kappa shape index (κ1) is 11.5. The van der Waals surface area contributed by atoms with Gasteiger partial charge in [-0.2, -0.15) is 0 Å². The molecule has 1 fully saturated rings. The van der Waals surface area contributed by atoms with Crippen LogP contribution in [-0.2, 0) is 4.79 Å². The predicted molar refractivity (Wildman–Crippen MR) is 57.0 cm³/mol. The fourth-order valence-corrected chi connectivity index (χ4v) is 1.99. The minimum Gasteiger partial charge on any atom is -0.342 e. The number of rotatable bonds is 3. The highest BCUT2D eigenvalue weighted by molar-refractivity contribution is 5.73. The molecule has 1 heterocycles. The normalized spacial score (nSPS) is 23.5. The van der Waals surface area contributed by atoms with Crippen LogP contribution in [0.25, 0.3) is 0 Å². The van der Waals surface area contributed by atoms with Crippen molar-refractivity contribution >= 4 is 5.91 Å². The molecule has 1 saturated heterocycles. The molecule has 0 spiro atoms. The number of carbonyl (C=O) groups is 1. The molecule has 0 aromatic carbocycles. The Balaban J connectivity index is 2.43.